The maximum Gasteiger partial charge on any atom is 0.274 e. The van der Waals surface area contributed by atoms with Gasteiger partial charge in [0.2, 0.25) is 11.7 Å². The number of pyridine rings is 1. The second kappa shape index (κ2) is 9.12. The summed E-state index contributed by atoms with van der Waals surface area (Å²) in [5, 5.41) is 13.2. The van der Waals surface area contributed by atoms with Gasteiger partial charge in [-0.05, 0) is 49.9 Å². The average Bonchev–Trinajstić information content (AvgIpc) is 3.53. The first-order valence-electron chi connectivity index (χ1n) is 10.8. The van der Waals surface area contributed by atoms with Gasteiger partial charge in [0.1, 0.15) is 11.5 Å². The Balaban J connectivity index is 1.31. The molecule has 1 aliphatic heterocycles. The zero-order valence-corrected chi connectivity index (χ0v) is 18.4. The Morgan fingerprint density at radius 2 is 2.12 bits per heavy atom. The number of hydrogen-bond donors (Lipinski definition) is 3. The number of piperidine rings is 1. The van der Waals surface area contributed by atoms with Gasteiger partial charge >= 0.3 is 0 Å². The number of nitrogens with zero attached hydrogens (tertiary/aromatic N) is 5. The number of halogens is 1. The number of likely N-dealkylation sites (tertiary alicyclic amines) is 1. The Hall–Kier alpha value is -3.96. The molecule has 0 unspecified atom stereocenters. The highest BCUT2D eigenvalue weighted by Gasteiger charge is 2.28. The van der Waals surface area contributed by atoms with Crippen LogP contribution in [0.25, 0.3) is 22.8 Å². The molecule has 0 saturated carbocycles. The summed E-state index contributed by atoms with van der Waals surface area (Å²) in [6, 6.07) is 11.1. The summed E-state index contributed by atoms with van der Waals surface area (Å²) in [4.78, 5) is 23.5. The van der Waals surface area contributed by atoms with Gasteiger partial charge in [-0.1, -0.05) is 11.2 Å². The predicted molar refractivity (Wildman–Crippen MR) is 122 cm³/mol. The number of anilines is 1. The standard InChI is InChI=1S/C23H23FN8O2/c1-32-11-14(9-15(25)12-32)23-29-21(31-34-23)13-5-6-17(16(24)10-13)28-22(33)20-4-2-3-18(27-20)19-7-8-26-30-19/h2-8,10,14-15H,9,11-12,25H2,1H3,(H,26,30)(H,28,33)/t14-,15+/m1/s1. The first kappa shape index (κ1) is 21.9. The summed E-state index contributed by atoms with van der Waals surface area (Å²) in [5.74, 6) is -0.363. The van der Waals surface area contributed by atoms with E-state index in [2.05, 4.69) is 35.5 Å². The highest BCUT2D eigenvalue weighted by molar-refractivity contribution is 6.03. The molecule has 1 saturated heterocycles. The lowest BCUT2D eigenvalue weighted by Crippen LogP contribution is -2.44. The molecule has 3 aromatic heterocycles. The van der Waals surface area contributed by atoms with Crippen molar-refractivity contribution in [1.82, 2.24) is 30.2 Å². The minimum Gasteiger partial charge on any atom is -0.339 e. The van der Waals surface area contributed by atoms with E-state index in [9.17, 15) is 9.18 Å². The molecule has 10 nitrogen and oxygen atoms in total. The van der Waals surface area contributed by atoms with Gasteiger partial charge in [-0.2, -0.15) is 10.1 Å². The van der Waals surface area contributed by atoms with E-state index in [0.717, 1.165) is 19.5 Å². The molecule has 0 aliphatic carbocycles. The number of likely N-dealkylation sites (N-methyl/N-ethyl adjacent to an activating group) is 1. The topological polar surface area (TPSA) is 139 Å². The molecule has 11 heteroatoms. The van der Waals surface area contributed by atoms with E-state index in [-0.39, 0.29) is 29.2 Å². The number of amides is 1. The van der Waals surface area contributed by atoms with Crippen LogP contribution in [-0.2, 0) is 0 Å². The molecular weight excluding hydrogens is 439 g/mol. The monoisotopic (exact) mass is 462 g/mol. The first-order chi connectivity index (χ1) is 16.5. The molecule has 174 valence electrons. The number of nitrogens with one attached hydrogen (secondary N) is 2. The first-order valence-corrected chi connectivity index (χ1v) is 10.8. The van der Waals surface area contributed by atoms with Gasteiger partial charge in [0.15, 0.2) is 0 Å². The van der Waals surface area contributed by atoms with Gasteiger partial charge < -0.3 is 20.5 Å². The van der Waals surface area contributed by atoms with E-state index < -0.39 is 11.7 Å². The minimum atomic E-state index is -0.624. The smallest absolute Gasteiger partial charge is 0.274 e. The molecule has 5 rings (SSSR count). The van der Waals surface area contributed by atoms with Gasteiger partial charge in [-0.3, -0.25) is 9.89 Å². The highest BCUT2D eigenvalue weighted by Crippen LogP contribution is 2.28. The predicted octanol–water partition coefficient (Wildman–Crippen LogP) is 2.66. The summed E-state index contributed by atoms with van der Waals surface area (Å²) in [6.07, 6.45) is 2.34. The number of nitrogens with two attached hydrogens (primary N) is 1. The maximum atomic E-state index is 14.8. The van der Waals surface area contributed by atoms with Crippen molar-refractivity contribution in [3.8, 4) is 22.8 Å². The molecule has 4 aromatic rings. The van der Waals surface area contributed by atoms with Crippen molar-refractivity contribution in [2.24, 2.45) is 5.73 Å². The fourth-order valence-corrected chi connectivity index (χ4v) is 4.11. The van der Waals surface area contributed by atoms with E-state index in [0.29, 0.717) is 22.8 Å². The Morgan fingerprint density at radius 3 is 2.88 bits per heavy atom. The van der Waals surface area contributed by atoms with Crippen LogP contribution in [0.4, 0.5) is 10.1 Å². The molecule has 34 heavy (non-hydrogen) atoms. The lowest BCUT2D eigenvalue weighted by Gasteiger charge is -2.31. The quantitative estimate of drug-likeness (QED) is 0.411. The van der Waals surface area contributed by atoms with E-state index in [1.165, 1.54) is 12.1 Å². The second-order valence-electron chi connectivity index (χ2n) is 8.40. The molecule has 0 bridgehead atoms. The fraction of sp³-hybridized carbons (Fsp3) is 0.261. The van der Waals surface area contributed by atoms with Crippen LogP contribution in [0, 0.1) is 5.82 Å². The van der Waals surface area contributed by atoms with Crippen LogP contribution in [0.3, 0.4) is 0 Å². The van der Waals surface area contributed by atoms with Crippen molar-refractivity contribution in [1.29, 1.82) is 0 Å². The number of carbonyl (C=O) groups is 1. The number of rotatable bonds is 5. The minimum absolute atomic E-state index is 0.0195. The van der Waals surface area contributed by atoms with Crippen molar-refractivity contribution < 1.29 is 13.7 Å². The number of carbonyl (C=O) groups excluding carboxylic acids is 1. The van der Waals surface area contributed by atoms with Crippen LogP contribution in [0.5, 0.6) is 0 Å². The Morgan fingerprint density at radius 1 is 1.24 bits per heavy atom. The van der Waals surface area contributed by atoms with Crippen molar-refractivity contribution in [3.05, 3.63) is 66.1 Å². The SMILES string of the molecule is CN1C[C@@H](N)C[C@@H](c2nc(-c3ccc(NC(=O)c4cccc(-c5ccn[nH]5)n4)c(F)c3)no2)C1. The summed E-state index contributed by atoms with van der Waals surface area (Å²) in [5.41, 5.74) is 7.93. The molecule has 4 heterocycles. The van der Waals surface area contributed by atoms with Crippen LogP contribution in [0.15, 0.2) is 53.2 Å². The average molecular weight is 462 g/mol. The Kier molecular flexibility index (Phi) is 5.86. The van der Waals surface area contributed by atoms with Crippen molar-refractivity contribution in [3.63, 3.8) is 0 Å². The molecule has 1 amide bonds. The molecule has 1 fully saturated rings. The lowest BCUT2D eigenvalue weighted by atomic mass is 9.95. The van der Waals surface area contributed by atoms with E-state index in [1.54, 1.807) is 36.5 Å². The summed E-state index contributed by atoms with van der Waals surface area (Å²) in [6.45, 7) is 1.59. The third-order valence-corrected chi connectivity index (χ3v) is 5.69. The number of H-pyrrole nitrogens is 1. The second-order valence-corrected chi connectivity index (χ2v) is 8.40. The van der Waals surface area contributed by atoms with E-state index in [4.69, 9.17) is 10.3 Å². The lowest BCUT2D eigenvalue weighted by molar-refractivity contribution is 0.102. The number of aromatic nitrogens is 5. The summed E-state index contributed by atoms with van der Waals surface area (Å²) < 4.78 is 20.3. The highest BCUT2D eigenvalue weighted by atomic mass is 19.1. The maximum absolute atomic E-state index is 14.8. The van der Waals surface area contributed by atoms with Gasteiger partial charge in [0.25, 0.3) is 5.91 Å². The summed E-state index contributed by atoms with van der Waals surface area (Å²) in [7, 11) is 1.99. The third-order valence-electron chi connectivity index (χ3n) is 5.69. The number of aromatic amines is 1. The molecule has 1 aromatic carbocycles. The molecule has 4 N–H and O–H groups in total. The largest absolute Gasteiger partial charge is 0.339 e. The van der Waals surface area contributed by atoms with Crippen molar-refractivity contribution in [2.75, 3.05) is 25.5 Å². The molecule has 1 aliphatic rings. The van der Waals surface area contributed by atoms with Crippen LogP contribution in [0.2, 0.25) is 0 Å². The van der Waals surface area contributed by atoms with Crippen LogP contribution < -0.4 is 11.1 Å². The Bertz CT molecular complexity index is 1300. The van der Waals surface area contributed by atoms with Gasteiger partial charge in [0.05, 0.1) is 23.0 Å². The van der Waals surface area contributed by atoms with Crippen LogP contribution in [-0.4, -0.2) is 62.3 Å². The Labute approximate surface area is 194 Å². The zero-order chi connectivity index (χ0) is 23.7. The van der Waals surface area contributed by atoms with Gasteiger partial charge in [0, 0.05) is 30.9 Å². The molecular formula is C23H23FN8O2. The van der Waals surface area contributed by atoms with E-state index in [1.807, 2.05) is 7.05 Å². The normalized spacial score (nSPS) is 18.7. The van der Waals surface area contributed by atoms with Crippen molar-refractivity contribution in [2.45, 2.75) is 18.4 Å². The van der Waals surface area contributed by atoms with Crippen molar-refractivity contribution >= 4 is 11.6 Å². The molecule has 0 spiro atoms. The molecule has 0 radical (unpaired) electrons. The zero-order valence-electron chi connectivity index (χ0n) is 18.4. The fourth-order valence-electron chi connectivity index (χ4n) is 4.11. The van der Waals surface area contributed by atoms with Crippen LogP contribution in [0.1, 0.15) is 28.7 Å². The van der Waals surface area contributed by atoms with Gasteiger partial charge in [-0.15, -0.1) is 0 Å². The molecule has 2 atom stereocenters. The third kappa shape index (κ3) is 4.56. The number of hydrogen-bond acceptors (Lipinski definition) is 8. The van der Waals surface area contributed by atoms with Gasteiger partial charge in [-0.25, -0.2) is 9.37 Å². The van der Waals surface area contributed by atoms with Crippen LogP contribution >= 0.6 is 0 Å². The van der Waals surface area contributed by atoms with E-state index >= 15 is 0 Å². The number of benzene rings is 1. The summed E-state index contributed by atoms with van der Waals surface area (Å²) >= 11 is 0.